The highest BCUT2D eigenvalue weighted by atomic mass is 32.1. The summed E-state index contributed by atoms with van der Waals surface area (Å²) in [6.45, 7) is 6.36. The zero-order chi connectivity index (χ0) is 13.8. The molecule has 0 aliphatic heterocycles. The van der Waals surface area contributed by atoms with Gasteiger partial charge in [-0.2, -0.15) is 0 Å². The molecule has 2 heterocycles. The Bertz CT molecular complexity index is 524. The van der Waals surface area contributed by atoms with Gasteiger partial charge in [-0.15, -0.1) is 11.3 Å². The number of rotatable bonds is 5. The van der Waals surface area contributed by atoms with E-state index in [1.807, 2.05) is 18.6 Å². The Kier molecular flexibility index (Phi) is 4.31. The monoisotopic (exact) mass is 277 g/mol. The van der Waals surface area contributed by atoms with E-state index in [9.17, 15) is 0 Å². The summed E-state index contributed by atoms with van der Waals surface area (Å²) in [7, 11) is 1.88. The minimum absolute atomic E-state index is 0.136. The molecule has 5 nitrogen and oxygen atoms in total. The molecule has 6 heteroatoms. The minimum Gasteiger partial charge on any atom is -0.373 e. The summed E-state index contributed by atoms with van der Waals surface area (Å²) in [6, 6.07) is 0.136. The summed E-state index contributed by atoms with van der Waals surface area (Å²) in [4.78, 5) is 13.0. The number of anilines is 2. The Morgan fingerprint density at radius 2 is 1.84 bits per heavy atom. The van der Waals surface area contributed by atoms with Gasteiger partial charge in [0, 0.05) is 24.2 Å². The quantitative estimate of drug-likeness (QED) is 0.878. The molecule has 1 atom stereocenters. The molecule has 102 valence electrons. The Morgan fingerprint density at radius 3 is 2.42 bits per heavy atom. The summed E-state index contributed by atoms with van der Waals surface area (Å²) in [5.74, 6) is 2.09. The molecule has 0 amide bonds. The molecule has 0 spiro atoms. The highest BCUT2D eigenvalue weighted by Crippen LogP contribution is 2.30. The first kappa shape index (κ1) is 13.7. The highest BCUT2D eigenvalue weighted by Gasteiger charge is 2.17. The van der Waals surface area contributed by atoms with Crippen LogP contribution in [0, 0.1) is 0 Å². The van der Waals surface area contributed by atoms with Crippen molar-refractivity contribution in [1.82, 2.24) is 15.0 Å². The maximum atomic E-state index is 4.37. The second-order valence-corrected chi connectivity index (χ2v) is 5.55. The first-order valence-corrected chi connectivity index (χ1v) is 7.20. The zero-order valence-corrected chi connectivity index (χ0v) is 12.5. The van der Waals surface area contributed by atoms with E-state index in [0.29, 0.717) is 5.92 Å². The molecule has 0 bridgehead atoms. The molecule has 2 N–H and O–H groups in total. The van der Waals surface area contributed by atoms with Gasteiger partial charge in [0.05, 0.1) is 6.04 Å². The largest absolute Gasteiger partial charge is 0.373 e. The van der Waals surface area contributed by atoms with Crippen molar-refractivity contribution in [2.45, 2.75) is 32.7 Å². The standard InChI is InChI=1S/C13H19N5S/c1-8(2)10-11(14-4)16-7-17-12(10)18-9(3)13-15-5-6-19-13/h5-9H,1-4H3,(H2,14,16,17,18). The van der Waals surface area contributed by atoms with Gasteiger partial charge in [-0.25, -0.2) is 15.0 Å². The van der Waals surface area contributed by atoms with E-state index < -0.39 is 0 Å². The van der Waals surface area contributed by atoms with Crippen LogP contribution >= 0.6 is 11.3 Å². The van der Waals surface area contributed by atoms with Crippen LogP contribution in [-0.4, -0.2) is 22.0 Å². The third-order valence-corrected chi connectivity index (χ3v) is 3.83. The van der Waals surface area contributed by atoms with Gasteiger partial charge in [0.2, 0.25) is 0 Å². The predicted molar refractivity (Wildman–Crippen MR) is 79.8 cm³/mol. The van der Waals surface area contributed by atoms with E-state index in [-0.39, 0.29) is 6.04 Å². The lowest BCUT2D eigenvalue weighted by atomic mass is 10.0. The summed E-state index contributed by atoms with van der Waals surface area (Å²) in [5, 5.41) is 9.58. The topological polar surface area (TPSA) is 62.7 Å². The van der Waals surface area contributed by atoms with Gasteiger partial charge >= 0.3 is 0 Å². The number of hydrogen-bond donors (Lipinski definition) is 2. The summed E-state index contributed by atoms with van der Waals surface area (Å²) in [5.41, 5.74) is 1.11. The Hall–Kier alpha value is -1.69. The van der Waals surface area contributed by atoms with Crippen LogP contribution in [0.15, 0.2) is 17.9 Å². The van der Waals surface area contributed by atoms with Crippen molar-refractivity contribution in [3.05, 3.63) is 28.5 Å². The number of thiazole rings is 1. The van der Waals surface area contributed by atoms with E-state index in [4.69, 9.17) is 0 Å². The van der Waals surface area contributed by atoms with Gasteiger partial charge in [0.25, 0.3) is 0 Å². The SMILES string of the molecule is CNc1ncnc(NC(C)c2nccs2)c1C(C)C. The van der Waals surface area contributed by atoms with Gasteiger partial charge in [-0.1, -0.05) is 13.8 Å². The normalized spacial score (nSPS) is 12.5. The molecule has 1 unspecified atom stereocenters. The fourth-order valence-electron chi connectivity index (χ4n) is 1.97. The molecule has 0 saturated heterocycles. The van der Waals surface area contributed by atoms with Crippen LogP contribution in [-0.2, 0) is 0 Å². The van der Waals surface area contributed by atoms with E-state index in [0.717, 1.165) is 22.2 Å². The lowest BCUT2D eigenvalue weighted by Gasteiger charge is -2.19. The molecule has 2 aromatic rings. The molecule has 0 aliphatic carbocycles. The van der Waals surface area contributed by atoms with Gasteiger partial charge in [0.1, 0.15) is 23.0 Å². The third kappa shape index (κ3) is 3.01. The number of nitrogens with zero attached hydrogens (tertiary/aromatic N) is 3. The van der Waals surface area contributed by atoms with E-state index in [1.54, 1.807) is 17.7 Å². The van der Waals surface area contributed by atoms with E-state index >= 15 is 0 Å². The fourth-order valence-corrected chi connectivity index (χ4v) is 2.62. The average molecular weight is 277 g/mol. The molecular weight excluding hydrogens is 258 g/mol. The summed E-state index contributed by atoms with van der Waals surface area (Å²) in [6.07, 6.45) is 3.40. The van der Waals surface area contributed by atoms with Crippen molar-refractivity contribution in [3.8, 4) is 0 Å². The van der Waals surface area contributed by atoms with Crippen molar-refractivity contribution in [2.75, 3.05) is 17.7 Å². The molecule has 0 fully saturated rings. The summed E-state index contributed by atoms with van der Waals surface area (Å²) >= 11 is 1.64. The third-order valence-electron chi connectivity index (χ3n) is 2.87. The van der Waals surface area contributed by atoms with Crippen molar-refractivity contribution in [2.24, 2.45) is 0 Å². The molecule has 0 aliphatic rings. The van der Waals surface area contributed by atoms with Crippen LogP contribution < -0.4 is 10.6 Å². The highest BCUT2D eigenvalue weighted by molar-refractivity contribution is 7.09. The van der Waals surface area contributed by atoms with Gasteiger partial charge in [0.15, 0.2) is 0 Å². The molecule has 2 aromatic heterocycles. The first-order valence-electron chi connectivity index (χ1n) is 6.32. The second kappa shape index (κ2) is 5.97. The molecule has 19 heavy (non-hydrogen) atoms. The molecule has 0 radical (unpaired) electrons. The van der Waals surface area contributed by atoms with E-state index in [2.05, 4.69) is 46.4 Å². The molecule has 0 aromatic carbocycles. The van der Waals surface area contributed by atoms with Crippen molar-refractivity contribution in [3.63, 3.8) is 0 Å². The van der Waals surface area contributed by atoms with Gasteiger partial charge in [-0.05, 0) is 12.8 Å². The van der Waals surface area contributed by atoms with Crippen LogP contribution in [0.2, 0.25) is 0 Å². The lowest BCUT2D eigenvalue weighted by molar-refractivity contribution is 0.816. The number of aromatic nitrogens is 3. The molecular formula is C13H19N5S. The molecule has 2 rings (SSSR count). The number of nitrogens with one attached hydrogen (secondary N) is 2. The summed E-state index contributed by atoms with van der Waals surface area (Å²) < 4.78 is 0. The maximum absolute atomic E-state index is 4.37. The second-order valence-electron chi connectivity index (χ2n) is 4.63. The van der Waals surface area contributed by atoms with Gasteiger partial charge in [-0.3, -0.25) is 0 Å². The Labute approximate surface area is 117 Å². The molecule has 0 saturated carbocycles. The predicted octanol–water partition coefficient (Wildman–Crippen LogP) is 3.27. The minimum atomic E-state index is 0.136. The van der Waals surface area contributed by atoms with Crippen LogP contribution in [0.4, 0.5) is 11.6 Å². The van der Waals surface area contributed by atoms with Crippen molar-refractivity contribution >= 4 is 23.0 Å². The van der Waals surface area contributed by atoms with Crippen molar-refractivity contribution < 1.29 is 0 Å². The lowest BCUT2D eigenvalue weighted by Crippen LogP contribution is -2.12. The Balaban J connectivity index is 2.29. The Morgan fingerprint density at radius 1 is 1.11 bits per heavy atom. The van der Waals surface area contributed by atoms with Gasteiger partial charge < -0.3 is 10.6 Å². The van der Waals surface area contributed by atoms with Crippen molar-refractivity contribution in [1.29, 1.82) is 0 Å². The fraction of sp³-hybridized carbons (Fsp3) is 0.462. The van der Waals surface area contributed by atoms with E-state index in [1.165, 1.54) is 0 Å². The van der Waals surface area contributed by atoms with Crippen LogP contribution in [0.1, 0.15) is 43.3 Å². The van der Waals surface area contributed by atoms with Crippen LogP contribution in [0.5, 0.6) is 0 Å². The first-order chi connectivity index (χ1) is 9.13. The van der Waals surface area contributed by atoms with Crippen LogP contribution in [0.3, 0.4) is 0 Å². The van der Waals surface area contributed by atoms with Crippen LogP contribution in [0.25, 0.3) is 0 Å². The maximum Gasteiger partial charge on any atom is 0.135 e. The zero-order valence-electron chi connectivity index (χ0n) is 11.6. The smallest absolute Gasteiger partial charge is 0.135 e. The number of hydrogen-bond acceptors (Lipinski definition) is 6. The average Bonchev–Trinajstić information content (AvgIpc) is 2.92.